The first-order valence-corrected chi connectivity index (χ1v) is 8.90. The Kier molecular flexibility index (Phi) is 6.04. The third kappa shape index (κ3) is 5.14. The lowest BCUT2D eigenvalue weighted by atomic mass is 9.98. The molecule has 1 fully saturated rings. The van der Waals surface area contributed by atoms with Crippen LogP contribution < -0.4 is 5.32 Å². The molecule has 6 heteroatoms. The number of hydrogen-bond donors (Lipinski definition) is 1. The van der Waals surface area contributed by atoms with E-state index in [2.05, 4.69) is 11.4 Å². The van der Waals surface area contributed by atoms with E-state index in [4.69, 9.17) is 4.74 Å². The van der Waals surface area contributed by atoms with Crippen molar-refractivity contribution in [3.63, 3.8) is 0 Å². The van der Waals surface area contributed by atoms with Crippen LogP contribution in [0.15, 0.2) is 35.2 Å². The third-order valence-electron chi connectivity index (χ3n) is 3.90. The summed E-state index contributed by atoms with van der Waals surface area (Å²) in [6.45, 7) is 1.31. The molecule has 0 spiro atoms. The topological polar surface area (TPSA) is 79.2 Å². The second-order valence-corrected chi connectivity index (χ2v) is 6.73. The fourth-order valence-corrected chi connectivity index (χ4v) is 2.68. The summed E-state index contributed by atoms with van der Waals surface area (Å²) in [4.78, 5) is 24.6. The van der Waals surface area contributed by atoms with E-state index in [1.54, 1.807) is 24.8 Å². The van der Waals surface area contributed by atoms with E-state index in [-0.39, 0.29) is 5.92 Å². The number of nitriles is 1. The number of carbonyl (C=O) groups is 2. The minimum Gasteiger partial charge on any atom is -0.452 e. The van der Waals surface area contributed by atoms with Crippen molar-refractivity contribution in [1.82, 2.24) is 5.32 Å². The number of thioether (sulfide) groups is 1. The lowest BCUT2D eigenvalue weighted by molar-refractivity contribution is -0.144. The molecule has 0 radical (unpaired) electrons. The standard InChI is InChI=1S/C18H20N2O3S/c1-18(12-19,14-6-7-14)20-16(21)11-23-17(22)10-5-13-3-8-15(24-2)9-4-13/h3-5,8-10,14H,6-7,11H2,1-2H3,(H,20,21)/b10-5+/t18-/m1/s1. The Labute approximate surface area is 146 Å². The number of hydrogen-bond acceptors (Lipinski definition) is 5. The molecule has 1 aromatic carbocycles. The van der Waals surface area contributed by atoms with Gasteiger partial charge in [-0.15, -0.1) is 11.8 Å². The zero-order valence-electron chi connectivity index (χ0n) is 13.7. The van der Waals surface area contributed by atoms with Gasteiger partial charge in [-0.1, -0.05) is 12.1 Å². The van der Waals surface area contributed by atoms with Crippen LogP contribution in [-0.2, 0) is 14.3 Å². The van der Waals surface area contributed by atoms with Gasteiger partial charge in [0.25, 0.3) is 5.91 Å². The van der Waals surface area contributed by atoms with E-state index in [0.29, 0.717) is 0 Å². The van der Waals surface area contributed by atoms with E-state index < -0.39 is 24.0 Å². The van der Waals surface area contributed by atoms with Gasteiger partial charge < -0.3 is 10.1 Å². The first kappa shape index (κ1) is 18.1. The van der Waals surface area contributed by atoms with E-state index in [1.165, 1.54) is 6.08 Å². The van der Waals surface area contributed by atoms with Crippen LogP contribution in [0.2, 0.25) is 0 Å². The summed E-state index contributed by atoms with van der Waals surface area (Å²) in [5, 5.41) is 11.8. The molecular formula is C18H20N2O3S. The Balaban J connectivity index is 1.78. The Morgan fingerprint density at radius 2 is 2.08 bits per heavy atom. The van der Waals surface area contributed by atoms with E-state index in [1.807, 2.05) is 30.5 Å². The molecule has 1 aromatic rings. The number of ether oxygens (including phenoxy) is 1. The van der Waals surface area contributed by atoms with Gasteiger partial charge >= 0.3 is 5.97 Å². The van der Waals surface area contributed by atoms with Gasteiger partial charge in [-0.05, 0) is 55.7 Å². The van der Waals surface area contributed by atoms with Gasteiger partial charge in [0.2, 0.25) is 0 Å². The van der Waals surface area contributed by atoms with E-state index in [9.17, 15) is 14.9 Å². The van der Waals surface area contributed by atoms with Crippen LogP contribution >= 0.6 is 11.8 Å². The third-order valence-corrected chi connectivity index (χ3v) is 4.64. The number of nitrogens with zero attached hydrogens (tertiary/aromatic N) is 1. The Morgan fingerprint density at radius 1 is 1.42 bits per heavy atom. The van der Waals surface area contributed by atoms with Crippen molar-refractivity contribution in [2.45, 2.75) is 30.2 Å². The highest BCUT2D eigenvalue weighted by molar-refractivity contribution is 7.98. The van der Waals surface area contributed by atoms with Crippen LogP contribution in [-0.4, -0.2) is 30.3 Å². The first-order chi connectivity index (χ1) is 11.5. The van der Waals surface area contributed by atoms with Gasteiger partial charge in [-0.25, -0.2) is 4.79 Å². The highest BCUT2D eigenvalue weighted by atomic mass is 32.2. The number of nitrogens with one attached hydrogen (secondary N) is 1. The maximum atomic E-state index is 11.8. The summed E-state index contributed by atoms with van der Waals surface area (Å²) in [5.41, 5.74) is -0.00163. The van der Waals surface area contributed by atoms with E-state index >= 15 is 0 Å². The number of rotatable bonds is 7. The average molecular weight is 344 g/mol. The van der Waals surface area contributed by atoms with Gasteiger partial charge in [0.05, 0.1) is 6.07 Å². The van der Waals surface area contributed by atoms with Crippen molar-refractivity contribution in [3.05, 3.63) is 35.9 Å². The largest absolute Gasteiger partial charge is 0.452 e. The number of carbonyl (C=O) groups excluding carboxylic acids is 2. The van der Waals surface area contributed by atoms with Crippen molar-refractivity contribution in [1.29, 1.82) is 5.26 Å². The molecule has 1 amide bonds. The molecule has 0 saturated heterocycles. The second-order valence-electron chi connectivity index (χ2n) is 5.85. The minimum atomic E-state index is -0.877. The SMILES string of the molecule is CSc1ccc(/C=C/C(=O)OCC(=O)N[C@](C)(C#N)C2CC2)cc1. The molecule has 1 aliphatic rings. The normalized spacial score (nSPS) is 16.2. The highest BCUT2D eigenvalue weighted by Crippen LogP contribution is 2.39. The van der Waals surface area contributed by atoms with E-state index in [0.717, 1.165) is 23.3 Å². The van der Waals surface area contributed by atoms with Crippen molar-refractivity contribution in [2.24, 2.45) is 5.92 Å². The molecule has 24 heavy (non-hydrogen) atoms. The fourth-order valence-electron chi connectivity index (χ4n) is 2.27. The predicted octanol–water partition coefficient (Wildman–Crippen LogP) is 2.77. The van der Waals surface area contributed by atoms with Crippen LogP contribution in [0.25, 0.3) is 6.08 Å². The van der Waals surface area contributed by atoms with Gasteiger partial charge in [0.1, 0.15) is 5.54 Å². The van der Waals surface area contributed by atoms with Crippen molar-refractivity contribution < 1.29 is 14.3 Å². The Morgan fingerprint density at radius 3 is 2.62 bits per heavy atom. The molecule has 1 aliphatic carbocycles. The number of amides is 1. The molecule has 0 bridgehead atoms. The van der Waals surface area contributed by atoms with Crippen LogP contribution in [0.1, 0.15) is 25.3 Å². The lowest BCUT2D eigenvalue weighted by Gasteiger charge is -2.22. The van der Waals surface area contributed by atoms with Crippen LogP contribution in [0.5, 0.6) is 0 Å². The van der Waals surface area contributed by atoms with Gasteiger partial charge in [0, 0.05) is 11.0 Å². The smallest absolute Gasteiger partial charge is 0.331 e. The summed E-state index contributed by atoms with van der Waals surface area (Å²) >= 11 is 1.64. The lowest BCUT2D eigenvalue weighted by Crippen LogP contribution is -2.48. The summed E-state index contributed by atoms with van der Waals surface area (Å²) in [5.74, 6) is -0.868. The number of esters is 1. The van der Waals surface area contributed by atoms with Crippen molar-refractivity contribution in [2.75, 3.05) is 12.9 Å². The average Bonchev–Trinajstić information content (AvgIpc) is 3.44. The summed E-state index contributed by atoms with van der Waals surface area (Å²) in [6, 6.07) is 9.85. The maximum absolute atomic E-state index is 11.8. The zero-order chi connectivity index (χ0) is 17.6. The molecule has 1 atom stereocenters. The molecule has 5 nitrogen and oxygen atoms in total. The molecule has 1 N–H and O–H groups in total. The molecule has 1 saturated carbocycles. The molecule has 0 aliphatic heterocycles. The molecular weight excluding hydrogens is 324 g/mol. The highest BCUT2D eigenvalue weighted by Gasteiger charge is 2.43. The molecule has 0 heterocycles. The molecule has 126 valence electrons. The van der Waals surface area contributed by atoms with Crippen LogP contribution in [0.3, 0.4) is 0 Å². The monoisotopic (exact) mass is 344 g/mol. The van der Waals surface area contributed by atoms with Crippen LogP contribution in [0.4, 0.5) is 0 Å². The predicted molar refractivity (Wildman–Crippen MR) is 93.1 cm³/mol. The summed E-state index contributed by atoms with van der Waals surface area (Å²) in [7, 11) is 0. The molecule has 0 unspecified atom stereocenters. The quantitative estimate of drug-likeness (QED) is 0.467. The van der Waals surface area contributed by atoms with Gasteiger partial charge in [-0.2, -0.15) is 5.26 Å². The van der Waals surface area contributed by atoms with Crippen molar-refractivity contribution in [3.8, 4) is 6.07 Å². The fraction of sp³-hybridized carbons (Fsp3) is 0.389. The van der Waals surface area contributed by atoms with Gasteiger partial charge in [-0.3, -0.25) is 4.79 Å². The minimum absolute atomic E-state index is 0.186. The molecule has 2 rings (SSSR count). The van der Waals surface area contributed by atoms with Gasteiger partial charge in [0.15, 0.2) is 6.61 Å². The zero-order valence-corrected chi connectivity index (χ0v) is 14.6. The Hall–Kier alpha value is -2.26. The summed E-state index contributed by atoms with van der Waals surface area (Å²) in [6.07, 6.45) is 6.78. The first-order valence-electron chi connectivity index (χ1n) is 7.68. The summed E-state index contributed by atoms with van der Waals surface area (Å²) < 4.78 is 4.91. The second kappa shape index (κ2) is 8.02. The molecule has 0 aromatic heterocycles. The van der Waals surface area contributed by atoms with Crippen LogP contribution in [0, 0.1) is 17.2 Å². The maximum Gasteiger partial charge on any atom is 0.331 e. The van der Waals surface area contributed by atoms with Crippen molar-refractivity contribution >= 4 is 29.7 Å². The Bertz CT molecular complexity index is 674. The number of benzene rings is 1.